The molecule has 0 amide bonds. The molecule has 0 radical (unpaired) electrons. The third-order valence-electron chi connectivity index (χ3n) is 6.51. The van der Waals surface area contributed by atoms with E-state index in [4.69, 9.17) is 5.73 Å². The Morgan fingerprint density at radius 1 is 1.10 bits per heavy atom. The van der Waals surface area contributed by atoms with Crippen LogP contribution in [0.25, 0.3) is 0 Å². The summed E-state index contributed by atoms with van der Waals surface area (Å²) in [6.07, 6.45) is 8.20. The standard InChI is InChI=1S/C17H33N3/c1-14(2)15-5-9-20(10-6-15)17(13-18)7-11-19-8-3-4-16(19)12-17/h14-16H,3-13,18H2,1-2H3. The minimum absolute atomic E-state index is 0.327. The Morgan fingerprint density at radius 2 is 1.85 bits per heavy atom. The molecule has 3 aliphatic rings. The molecular formula is C17H33N3. The van der Waals surface area contributed by atoms with Gasteiger partial charge >= 0.3 is 0 Å². The molecule has 3 saturated heterocycles. The third-order valence-corrected chi connectivity index (χ3v) is 6.51. The molecule has 0 spiro atoms. The zero-order valence-electron chi connectivity index (χ0n) is 13.5. The van der Waals surface area contributed by atoms with Gasteiger partial charge in [0, 0.05) is 24.7 Å². The largest absolute Gasteiger partial charge is 0.329 e. The van der Waals surface area contributed by atoms with Crippen molar-refractivity contribution in [2.75, 3.05) is 32.7 Å². The molecular weight excluding hydrogens is 246 g/mol. The summed E-state index contributed by atoms with van der Waals surface area (Å²) in [5, 5.41) is 0. The molecule has 3 heteroatoms. The summed E-state index contributed by atoms with van der Waals surface area (Å²) >= 11 is 0. The van der Waals surface area contributed by atoms with Crippen molar-refractivity contribution in [3.63, 3.8) is 0 Å². The van der Waals surface area contributed by atoms with Crippen molar-refractivity contribution in [3.8, 4) is 0 Å². The van der Waals surface area contributed by atoms with Crippen LogP contribution in [0.1, 0.15) is 52.4 Å². The fraction of sp³-hybridized carbons (Fsp3) is 1.00. The van der Waals surface area contributed by atoms with Crippen LogP contribution in [0, 0.1) is 11.8 Å². The molecule has 3 fully saturated rings. The van der Waals surface area contributed by atoms with Crippen LogP contribution in [0.2, 0.25) is 0 Å². The van der Waals surface area contributed by atoms with Crippen molar-refractivity contribution < 1.29 is 0 Å². The number of piperidine rings is 2. The first-order valence-corrected chi connectivity index (χ1v) is 8.84. The first-order chi connectivity index (χ1) is 9.64. The monoisotopic (exact) mass is 279 g/mol. The van der Waals surface area contributed by atoms with E-state index in [0.717, 1.165) is 24.4 Å². The van der Waals surface area contributed by atoms with Crippen LogP contribution >= 0.6 is 0 Å². The van der Waals surface area contributed by atoms with Crippen molar-refractivity contribution in [2.24, 2.45) is 17.6 Å². The van der Waals surface area contributed by atoms with Crippen molar-refractivity contribution in [2.45, 2.75) is 64.0 Å². The van der Waals surface area contributed by atoms with Crippen LogP contribution in [0.15, 0.2) is 0 Å². The maximum absolute atomic E-state index is 6.29. The summed E-state index contributed by atoms with van der Waals surface area (Å²) in [5.41, 5.74) is 6.61. The molecule has 3 aliphatic heterocycles. The van der Waals surface area contributed by atoms with E-state index in [1.807, 2.05) is 0 Å². The van der Waals surface area contributed by atoms with E-state index in [9.17, 15) is 0 Å². The van der Waals surface area contributed by atoms with Gasteiger partial charge < -0.3 is 10.6 Å². The molecule has 3 rings (SSSR count). The second-order valence-electron chi connectivity index (χ2n) is 7.78. The molecule has 0 bridgehead atoms. The van der Waals surface area contributed by atoms with Crippen molar-refractivity contribution >= 4 is 0 Å². The van der Waals surface area contributed by atoms with E-state index in [2.05, 4.69) is 23.6 Å². The minimum Gasteiger partial charge on any atom is -0.329 e. The molecule has 2 unspecified atom stereocenters. The quantitative estimate of drug-likeness (QED) is 0.860. The lowest BCUT2D eigenvalue weighted by atomic mass is 9.78. The van der Waals surface area contributed by atoms with Crippen molar-refractivity contribution in [1.82, 2.24) is 9.80 Å². The van der Waals surface area contributed by atoms with Crippen LogP contribution in [0.3, 0.4) is 0 Å². The Labute approximate surface area is 124 Å². The van der Waals surface area contributed by atoms with Gasteiger partial charge in [-0.1, -0.05) is 13.8 Å². The highest BCUT2D eigenvalue weighted by Gasteiger charge is 2.45. The first-order valence-electron chi connectivity index (χ1n) is 8.84. The Bertz CT molecular complexity index is 322. The summed E-state index contributed by atoms with van der Waals surface area (Å²) in [6, 6.07) is 0.829. The van der Waals surface area contributed by atoms with E-state index < -0.39 is 0 Å². The van der Waals surface area contributed by atoms with E-state index in [1.54, 1.807) is 0 Å². The van der Waals surface area contributed by atoms with E-state index in [0.29, 0.717) is 5.54 Å². The Hall–Kier alpha value is -0.120. The lowest BCUT2D eigenvalue weighted by Crippen LogP contribution is -2.62. The molecule has 2 N–H and O–H groups in total. The van der Waals surface area contributed by atoms with Gasteiger partial charge in [0.25, 0.3) is 0 Å². The SMILES string of the molecule is CC(C)C1CCN(C2(CN)CCN3CCCC3C2)CC1. The topological polar surface area (TPSA) is 32.5 Å². The highest BCUT2D eigenvalue weighted by molar-refractivity contribution is 5.02. The number of likely N-dealkylation sites (tertiary alicyclic amines) is 1. The third kappa shape index (κ3) is 2.65. The van der Waals surface area contributed by atoms with Crippen LogP contribution in [-0.2, 0) is 0 Å². The van der Waals surface area contributed by atoms with Gasteiger partial charge in [0.1, 0.15) is 0 Å². The lowest BCUT2D eigenvalue weighted by molar-refractivity contribution is -0.0132. The first kappa shape index (κ1) is 14.8. The molecule has 3 nitrogen and oxygen atoms in total. The number of rotatable bonds is 3. The van der Waals surface area contributed by atoms with Gasteiger partial charge in [-0.15, -0.1) is 0 Å². The summed E-state index contributed by atoms with van der Waals surface area (Å²) in [6.45, 7) is 10.8. The smallest absolute Gasteiger partial charge is 0.0358 e. The Morgan fingerprint density at radius 3 is 2.50 bits per heavy atom. The average Bonchev–Trinajstić information content (AvgIpc) is 2.94. The summed E-state index contributed by atoms with van der Waals surface area (Å²) in [5.74, 6) is 1.79. The summed E-state index contributed by atoms with van der Waals surface area (Å²) in [7, 11) is 0. The number of hydrogen-bond donors (Lipinski definition) is 1. The van der Waals surface area contributed by atoms with E-state index >= 15 is 0 Å². The molecule has 116 valence electrons. The molecule has 3 heterocycles. The second-order valence-corrected chi connectivity index (χ2v) is 7.78. The lowest BCUT2D eigenvalue weighted by Gasteiger charge is -2.52. The Balaban J connectivity index is 1.64. The predicted octanol–water partition coefficient (Wildman–Crippen LogP) is 2.31. The Kier molecular flexibility index (Phi) is 4.40. The fourth-order valence-electron chi connectivity index (χ4n) is 4.96. The van der Waals surface area contributed by atoms with Gasteiger partial charge in [0.2, 0.25) is 0 Å². The van der Waals surface area contributed by atoms with Gasteiger partial charge in [-0.25, -0.2) is 0 Å². The van der Waals surface area contributed by atoms with Gasteiger partial charge in [-0.05, 0) is 70.0 Å². The highest BCUT2D eigenvalue weighted by atomic mass is 15.3. The van der Waals surface area contributed by atoms with Crippen molar-refractivity contribution in [1.29, 1.82) is 0 Å². The fourth-order valence-corrected chi connectivity index (χ4v) is 4.96. The van der Waals surface area contributed by atoms with Gasteiger partial charge in [0.05, 0.1) is 0 Å². The zero-order valence-corrected chi connectivity index (χ0v) is 13.5. The maximum Gasteiger partial charge on any atom is 0.0358 e. The molecule has 0 aliphatic carbocycles. The molecule has 0 aromatic rings. The normalized spacial score (nSPS) is 37.5. The van der Waals surface area contributed by atoms with Crippen LogP contribution < -0.4 is 5.73 Å². The number of hydrogen-bond acceptors (Lipinski definition) is 3. The van der Waals surface area contributed by atoms with Crippen LogP contribution in [0.4, 0.5) is 0 Å². The van der Waals surface area contributed by atoms with E-state index in [-0.39, 0.29) is 0 Å². The van der Waals surface area contributed by atoms with E-state index in [1.165, 1.54) is 64.7 Å². The van der Waals surface area contributed by atoms with Crippen LogP contribution in [-0.4, -0.2) is 54.1 Å². The van der Waals surface area contributed by atoms with Gasteiger partial charge in [-0.2, -0.15) is 0 Å². The zero-order chi connectivity index (χ0) is 14.2. The van der Waals surface area contributed by atoms with Crippen LogP contribution in [0.5, 0.6) is 0 Å². The molecule has 20 heavy (non-hydrogen) atoms. The summed E-state index contributed by atoms with van der Waals surface area (Å²) in [4.78, 5) is 5.50. The predicted molar refractivity (Wildman–Crippen MR) is 84.7 cm³/mol. The van der Waals surface area contributed by atoms with Gasteiger partial charge in [0.15, 0.2) is 0 Å². The molecule has 0 aromatic carbocycles. The van der Waals surface area contributed by atoms with Gasteiger partial charge in [-0.3, -0.25) is 4.90 Å². The molecule has 2 atom stereocenters. The highest BCUT2D eigenvalue weighted by Crippen LogP contribution is 2.38. The molecule has 0 aromatic heterocycles. The number of fused-ring (bicyclic) bond motifs is 1. The average molecular weight is 279 g/mol. The minimum atomic E-state index is 0.327. The number of nitrogens with zero attached hydrogens (tertiary/aromatic N) is 2. The van der Waals surface area contributed by atoms with Crippen molar-refractivity contribution in [3.05, 3.63) is 0 Å². The molecule has 0 saturated carbocycles. The summed E-state index contributed by atoms with van der Waals surface area (Å²) < 4.78 is 0. The second kappa shape index (κ2) is 5.94. The maximum atomic E-state index is 6.29. The number of nitrogens with two attached hydrogens (primary N) is 1.